The van der Waals surface area contributed by atoms with Gasteiger partial charge in [0.25, 0.3) is 0 Å². The molecule has 0 spiro atoms. The van der Waals surface area contributed by atoms with Crippen LogP contribution in [0.25, 0.3) is 0 Å². The number of aryl methyl sites for hydroxylation is 1. The van der Waals surface area contributed by atoms with E-state index in [4.69, 9.17) is 4.74 Å². The summed E-state index contributed by atoms with van der Waals surface area (Å²) in [4.78, 5) is 11.8. The van der Waals surface area contributed by atoms with Crippen molar-refractivity contribution in [2.45, 2.75) is 19.4 Å². The number of amides is 1. The molecule has 1 aromatic carbocycles. The van der Waals surface area contributed by atoms with E-state index in [0.29, 0.717) is 0 Å². The summed E-state index contributed by atoms with van der Waals surface area (Å²) in [5.41, 5.74) is 1.69. The van der Waals surface area contributed by atoms with Gasteiger partial charge in [0, 0.05) is 17.6 Å². The van der Waals surface area contributed by atoms with E-state index in [1.807, 2.05) is 32.0 Å². The summed E-state index contributed by atoms with van der Waals surface area (Å²) in [6.45, 7) is 5.67. The predicted molar refractivity (Wildman–Crippen MR) is 74.7 cm³/mol. The number of rotatable bonds is 4. The maximum atomic E-state index is 11.8. The van der Waals surface area contributed by atoms with Gasteiger partial charge in [-0.1, -0.05) is 6.07 Å². The molecule has 0 saturated carbocycles. The molecule has 1 fully saturated rings. The Morgan fingerprint density at radius 3 is 2.89 bits per heavy atom. The van der Waals surface area contributed by atoms with Gasteiger partial charge in [-0.2, -0.15) is 0 Å². The molecule has 0 unspecified atom stereocenters. The highest BCUT2D eigenvalue weighted by Gasteiger charge is 2.33. The Bertz CT molecular complexity index is 458. The zero-order valence-corrected chi connectivity index (χ0v) is 12.1. The molecule has 1 aliphatic heterocycles. The van der Waals surface area contributed by atoms with E-state index in [-0.39, 0.29) is 18.1 Å². The Kier molecular flexibility index (Phi) is 4.04. The van der Waals surface area contributed by atoms with Crippen LogP contribution in [0.2, 0.25) is 0 Å². The second-order valence-electron chi connectivity index (χ2n) is 4.87. The van der Waals surface area contributed by atoms with Crippen molar-refractivity contribution in [3.05, 3.63) is 28.2 Å². The van der Waals surface area contributed by atoms with Crippen LogP contribution >= 0.6 is 15.9 Å². The summed E-state index contributed by atoms with van der Waals surface area (Å²) >= 11 is 3.41. The lowest BCUT2D eigenvalue weighted by Gasteiger charge is -2.38. The van der Waals surface area contributed by atoms with Gasteiger partial charge >= 0.3 is 0 Å². The lowest BCUT2D eigenvalue weighted by atomic mass is 10.0. The van der Waals surface area contributed by atoms with Crippen LogP contribution in [0.4, 0.5) is 5.69 Å². The van der Waals surface area contributed by atoms with E-state index < -0.39 is 0 Å². The topological polar surface area (TPSA) is 50.4 Å². The third kappa shape index (κ3) is 3.31. The number of halogens is 1. The zero-order chi connectivity index (χ0) is 13.2. The van der Waals surface area contributed by atoms with Gasteiger partial charge in [0.2, 0.25) is 5.91 Å². The minimum Gasteiger partial charge on any atom is -0.363 e. The van der Waals surface area contributed by atoms with Gasteiger partial charge in [-0.05, 0) is 47.5 Å². The van der Waals surface area contributed by atoms with Crippen LogP contribution in [0.15, 0.2) is 22.7 Å². The van der Waals surface area contributed by atoms with Gasteiger partial charge in [0.15, 0.2) is 0 Å². The van der Waals surface area contributed by atoms with Crippen LogP contribution in [-0.4, -0.2) is 31.2 Å². The molecular weight excluding hydrogens is 296 g/mol. The molecule has 2 rings (SSSR count). The fraction of sp³-hybridized carbons (Fsp3) is 0.462. The number of benzene rings is 1. The van der Waals surface area contributed by atoms with Gasteiger partial charge < -0.3 is 15.4 Å². The first-order valence-corrected chi connectivity index (χ1v) is 6.68. The standard InChI is InChI=1S/C13H17BrN2O2/c1-9-3-4-10(14)11(5-9)16-12(17)6-18-13(2)7-15-8-13/h3-5,15H,6-8H2,1-2H3,(H,16,17). The molecule has 1 saturated heterocycles. The van der Waals surface area contributed by atoms with E-state index in [1.165, 1.54) is 0 Å². The smallest absolute Gasteiger partial charge is 0.250 e. The second kappa shape index (κ2) is 5.38. The van der Waals surface area contributed by atoms with Gasteiger partial charge in [-0.15, -0.1) is 0 Å². The molecule has 4 nitrogen and oxygen atoms in total. The van der Waals surface area contributed by atoms with Crippen LogP contribution in [0, 0.1) is 6.92 Å². The third-order valence-electron chi connectivity index (χ3n) is 2.95. The Morgan fingerprint density at radius 1 is 1.56 bits per heavy atom. The number of anilines is 1. The minimum absolute atomic E-state index is 0.0819. The van der Waals surface area contributed by atoms with E-state index >= 15 is 0 Å². The highest BCUT2D eigenvalue weighted by molar-refractivity contribution is 9.10. The highest BCUT2D eigenvalue weighted by Crippen LogP contribution is 2.23. The fourth-order valence-electron chi connectivity index (χ4n) is 1.74. The van der Waals surface area contributed by atoms with Crippen molar-refractivity contribution in [2.75, 3.05) is 25.0 Å². The average Bonchev–Trinajstić information content (AvgIpc) is 2.29. The van der Waals surface area contributed by atoms with Gasteiger partial charge in [0.05, 0.1) is 11.3 Å². The molecule has 1 aliphatic rings. The van der Waals surface area contributed by atoms with Crippen molar-refractivity contribution in [1.82, 2.24) is 5.32 Å². The maximum Gasteiger partial charge on any atom is 0.250 e. The van der Waals surface area contributed by atoms with Crippen molar-refractivity contribution < 1.29 is 9.53 Å². The highest BCUT2D eigenvalue weighted by atomic mass is 79.9. The van der Waals surface area contributed by atoms with E-state index in [1.54, 1.807) is 0 Å². The molecule has 0 aliphatic carbocycles. The molecule has 0 atom stereocenters. The number of nitrogens with one attached hydrogen (secondary N) is 2. The predicted octanol–water partition coefficient (Wildman–Crippen LogP) is 2.07. The first kappa shape index (κ1) is 13.5. The summed E-state index contributed by atoms with van der Waals surface area (Å²) in [5, 5.41) is 5.97. The summed E-state index contributed by atoms with van der Waals surface area (Å²) in [6, 6.07) is 5.83. The van der Waals surface area contributed by atoms with Crippen molar-refractivity contribution in [1.29, 1.82) is 0 Å². The molecule has 18 heavy (non-hydrogen) atoms. The van der Waals surface area contributed by atoms with Crippen molar-refractivity contribution in [3.63, 3.8) is 0 Å². The molecule has 0 bridgehead atoms. The van der Waals surface area contributed by atoms with Crippen molar-refractivity contribution in [2.24, 2.45) is 0 Å². The molecule has 98 valence electrons. The van der Waals surface area contributed by atoms with Crippen LogP contribution < -0.4 is 10.6 Å². The molecule has 0 radical (unpaired) electrons. The second-order valence-corrected chi connectivity index (χ2v) is 5.73. The minimum atomic E-state index is -0.193. The van der Waals surface area contributed by atoms with E-state index in [9.17, 15) is 4.79 Å². The maximum absolute atomic E-state index is 11.8. The number of hydrogen-bond donors (Lipinski definition) is 2. The summed E-state index contributed by atoms with van der Waals surface area (Å²) in [7, 11) is 0. The number of carbonyl (C=O) groups excluding carboxylic acids is 1. The van der Waals surface area contributed by atoms with Crippen molar-refractivity contribution >= 4 is 27.5 Å². The lowest BCUT2D eigenvalue weighted by molar-refractivity contribution is -0.130. The van der Waals surface area contributed by atoms with Crippen LogP contribution in [0.1, 0.15) is 12.5 Å². The third-order valence-corrected chi connectivity index (χ3v) is 3.64. The molecule has 0 aromatic heterocycles. The first-order valence-electron chi connectivity index (χ1n) is 5.89. The van der Waals surface area contributed by atoms with Gasteiger partial charge in [-0.25, -0.2) is 0 Å². The van der Waals surface area contributed by atoms with Crippen molar-refractivity contribution in [3.8, 4) is 0 Å². The number of ether oxygens (including phenoxy) is 1. The summed E-state index contributed by atoms with van der Waals surface area (Å²) in [5.74, 6) is -0.130. The zero-order valence-electron chi connectivity index (χ0n) is 10.5. The van der Waals surface area contributed by atoms with Crippen LogP contribution in [0.5, 0.6) is 0 Å². The summed E-state index contributed by atoms with van der Waals surface area (Å²) in [6.07, 6.45) is 0. The molecule has 1 heterocycles. The molecule has 1 amide bonds. The van der Waals surface area contributed by atoms with Crippen LogP contribution in [-0.2, 0) is 9.53 Å². The summed E-state index contributed by atoms with van der Waals surface area (Å²) < 4.78 is 6.45. The quantitative estimate of drug-likeness (QED) is 0.895. The number of carbonyl (C=O) groups is 1. The van der Waals surface area contributed by atoms with Gasteiger partial charge in [0.1, 0.15) is 6.61 Å². The van der Waals surface area contributed by atoms with E-state index in [2.05, 4.69) is 26.6 Å². The Balaban J connectivity index is 1.88. The largest absolute Gasteiger partial charge is 0.363 e. The normalized spacial score (nSPS) is 17.1. The molecule has 2 N–H and O–H groups in total. The Labute approximate surface area is 115 Å². The average molecular weight is 313 g/mol. The lowest BCUT2D eigenvalue weighted by Crippen LogP contribution is -2.59. The molecule has 1 aromatic rings. The Hall–Kier alpha value is -0.910. The molecule has 5 heteroatoms. The fourth-order valence-corrected chi connectivity index (χ4v) is 2.09. The van der Waals surface area contributed by atoms with E-state index in [0.717, 1.165) is 28.8 Å². The monoisotopic (exact) mass is 312 g/mol. The Morgan fingerprint density at radius 2 is 2.28 bits per heavy atom. The van der Waals surface area contributed by atoms with Crippen LogP contribution in [0.3, 0.4) is 0 Å². The van der Waals surface area contributed by atoms with Gasteiger partial charge in [-0.3, -0.25) is 4.79 Å². The molecular formula is C13H17BrN2O2. The first-order chi connectivity index (χ1) is 8.48. The number of hydrogen-bond acceptors (Lipinski definition) is 3. The SMILES string of the molecule is Cc1ccc(Br)c(NC(=O)COC2(C)CNC2)c1.